The minimum Gasteiger partial charge on any atom is -0.480 e. The molecule has 7 nitrogen and oxygen atoms in total. The van der Waals surface area contributed by atoms with E-state index in [1.807, 2.05) is 19.9 Å². The molecule has 3 heterocycles. The van der Waals surface area contributed by atoms with Gasteiger partial charge in [-0.25, -0.2) is 14.4 Å². The van der Waals surface area contributed by atoms with Crippen LogP contribution < -0.4 is 15.4 Å². The van der Waals surface area contributed by atoms with Crippen molar-refractivity contribution in [3.63, 3.8) is 0 Å². The summed E-state index contributed by atoms with van der Waals surface area (Å²) in [7, 11) is 1.55. The first-order chi connectivity index (χ1) is 12.6. The van der Waals surface area contributed by atoms with Crippen LogP contribution in [0.5, 0.6) is 5.88 Å². The van der Waals surface area contributed by atoms with Crippen LogP contribution in [-0.4, -0.2) is 27.0 Å². The Morgan fingerprint density at radius 1 is 1.12 bits per heavy atom. The Morgan fingerprint density at radius 3 is 2.69 bits per heavy atom. The van der Waals surface area contributed by atoms with Crippen LogP contribution in [0.15, 0.2) is 42.9 Å². The van der Waals surface area contributed by atoms with Gasteiger partial charge in [-0.05, 0) is 38.1 Å². The Kier molecular flexibility index (Phi) is 5.21. The van der Waals surface area contributed by atoms with E-state index in [9.17, 15) is 4.39 Å². The molecule has 0 radical (unpaired) electrons. The summed E-state index contributed by atoms with van der Waals surface area (Å²) in [6, 6.07) is 6.50. The molecular weight excluding hydrogens is 335 g/mol. The monoisotopic (exact) mass is 354 g/mol. The highest BCUT2D eigenvalue weighted by atomic mass is 19.1. The van der Waals surface area contributed by atoms with Crippen LogP contribution in [0.25, 0.3) is 0 Å². The number of hydrogen-bond acceptors (Lipinski definition) is 7. The normalized spacial score (nSPS) is 11.7. The molecule has 0 aliphatic carbocycles. The summed E-state index contributed by atoms with van der Waals surface area (Å²) in [4.78, 5) is 17.0. The molecule has 26 heavy (non-hydrogen) atoms. The predicted octanol–water partition coefficient (Wildman–Crippen LogP) is 3.64. The van der Waals surface area contributed by atoms with Crippen molar-refractivity contribution in [3.05, 3.63) is 59.9 Å². The lowest BCUT2D eigenvalue weighted by Gasteiger charge is -2.16. The Morgan fingerprint density at radius 2 is 1.96 bits per heavy atom. The van der Waals surface area contributed by atoms with Gasteiger partial charge in [0.25, 0.3) is 0 Å². The van der Waals surface area contributed by atoms with Crippen molar-refractivity contribution in [1.82, 2.24) is 19.9 Å². The summed E-state index contributed by atoms with van der Waals surface area (Å²) in [5, 5.41) is 6.37. The van der Waals surface area contributed by atoms with Crippen molar-refractivity contribution in [1.29, 1.82) is 0 Å². The molecule has 3 aromatic heterocycles. The van der Waals surface area contributed by atoms with E-state index in [0.717, 1.165) is 5.56 Å². The van der Waals surface area contributed by atoms with Gasteiger partial charge in [0.1, 0.15) is 17.3 Å². The third-order valence-electron chi connectivity index (χ3n) is 3.73. The molecule has 0 spiro atoms. The summed E-state index contributed by atoms with van der Waals surface area (Å²) in [6.45, 7) is 3.83. The fourth-order valence-electron chi connectivity index (χ4n) is 2.34. The number of nitrogens with zero attached hydrogens (tertiary/aromatic N) is 4. The average Bonchev–Trinajstić information content (AvgIpc) is 2.65. The molecule has 0 aliphatic heterocycles. The molecular formula is C18H19FN6O. The van der Waals surface area contributed by atoms with Crippen LogP contribution in [0.4, 0.5) is 21.8 Å². The van der Waals surface area contributed by atoms with Crippen molar-refractivity contribution in [3.8, 4) is 5.88 Å². The van der Waals surface area contributed by atoms with Gasteiger partial charge < -0.3 is 15.4 Å². The Bertz CT molecular complexity index is 887. The number of nitrogens with one attached hydrogen (secondary N) is 2. The van der Waals surface area contributed by atoms with Crippen LogP contribution in [0.2, 0.25) is 0 Å². The van der Waals surface area contributed by atoms with Gasteiger partial charge in [0.2, 0.25) is 11.8 Å². The number of aromatic nitrogens is 4. The van der Waals surface area contributed by atoms with Crippen molar-refractivity contribution < 1.29 is 9.13 Å². The van der Waals surface area contributed by atoms with E-state index in [0.29, 0.717) is 29.0 Å². The smallest absolute Gasteiger partial charge is 0.237 e. The molecule has 1 unspecified atom stereocenters. The van der Waals surface area contributed by atoms with Gasteiger partial charge in [0, 0.05) is 18.0 Å². The summed E-state index contributed by atoms with van der Waals surface area (Å²) in [5.41, 5.74) is 2.26. The molecule has 0 saturated carbocycles. The average molecular weight is 354 g/mol. The van der Waals surface area contributed by atoms with Crippen LogP contribution in [-0.2, 0) is 0 Å². The van der Waals surface area contributed by atoms with Gasteiger partial charge in [0.05, 0.1) is 25.0 Å². The van der Waals surface area contributed by atoms with Gasteiger partial charge in [-0.3, -0.25) is 4.98 Å². The van der Waals surface area contributed by atoms with E-state index >= 15 is 0 Å². The highest BCUT2D eigenvalue weighted by Gasteiger charge is 2.12. The zero-order valence-corrected chi connectivity index (χ0v) is 14.7. The molecule has 3 aromatic rings. The Labute approximate surface area is 150 Å². The molecule has 0 fully saturated rings. The van der Waals surface area contributed by atoms with Crippen molar-refractivity contribution >= 4 is 17.5 Å². The van der Waals surface area contributed by atoms with Crippen molar-refractivity contribution in [2.75, 3.05) is 17.7 Å². The third-order valence-corrected chi connectivity index (χ3v) is 3.73. The lowest BCUT2D eigenvalue weighted by molar-refractivity contribution is 0.400. The van der Waals surface area contributed by atoms with Gasteiger partial charge >= 0.3 is 0 Å². The van der Waals surface area contributed by atoms with E-state index in [4.69, 9.17) is 4.74 Å². The molecule has 8 heteroatoms. The number of hydrogen-bond donors (Lipinski definition) is 2. The number of methoxy groups -OCH3 is 1. The molecule has 1 atom stereocenters. The second-order valence-corrected chi connectivity index (χ2v) is 5.68. The first-order valence-electron chi connectivity index (χ1n) is 8.04. The van der Waals surface area contributed by atoms with Crippen LogP contribution in [0, 0.1) is 12.7 Å². The third kappa shape index (κ3) is 4.02. The molecule has 134 valence electrons. The quantitative estimate of drug-likeness (QED) is 0.699. The Balaban J connectivity index is 1.80. The number of ether oxygens (including phenoxy) is 1. The maximum Gasteiger partial charge on any atom is 0.237 e. The fourth-order valence-corrected chi connectivity index (χ4v) is 2.34. The summed E-state index contributed by atoms with van der Waals surface area (Å²) < 4.78 is 18.3. The lowest BCUT2D eigenvalue weighted by Crippen LogP contribution is -2.12. The second-order valence-electron chi connectivity index (χ2n) is 5.68. The van der Waals surface area contributed by atoms with Crippen LogP contribution in [0.3, 0.4) is 0 Å². The van der Waals surface area contributed by atoms with Crippen molar-refractivity contribution in [2.45, 2.75) is 19.9 Å². The number of aryl methyl sites for hydroxylation is 1. The van der Waals surface area contributed by atoms with E-state index in [2.05, 4.69) is 30.6 Å². The largest absolute Gasteiger partial charge is 0.480 e. The van der Waals surface area contributed by atoms with E-state index < -0.39 is 0 Å². The topological polar surface area (TPSA) is 84.9 Å². The predicted molar refractivity (Wildman–Crippen MR) is 97.1 cm³/mol. The zero-order valence-electron chi connectivity index (χ0n) is 14.7. The van der Waals surface area contributed by atoms with Crippen LogP contribution >= 0.6 is 0 Å². The lowest BCUT2D eigenvalue weighted by atomic mass is 10.2. The van der Waals surface area contributed by atoms with Gasteiger partial charge in [-0.2, -0.15) is 4.98 Å². The Hall–Kier alpha value is -3.29. The summed E-state index contributed by atoms with van der Waals surface area (Å²) in [5.74, 6) is 1.15. The molecule has 0 aromatic carbocycles. The zero-order chi connectivity index (χ0) is 18.5. The molecule has 0 aliphatic rings. The number of pyridine rings is 2. The fraction of sp³-hybridized carbons (Fsp3) is 0.222. The first kappa shape index (κ1) is 17.5. The number of halogens is 1. The molecule has 0 saturated heterocycles. The molecule has 0 amide bonds. The molecule has 3 rings (SSSR count). The van der Waals surface area contributed by atoms with E-state index in [1.165, 1.54) is 12.3 Å². The minimum absolute atomic E-state index is 0.148. The summed E-state index contributed by atoms with van der Waals surface area (Å²) >= 11 is 0. The first-order valence-corrected chi connectivity index (χ1v) is 8.04. The minimum atomic E-state index is -0.365. The molecule has 2 N–H and O–H groups in total. The highest BCUT2D eigenvalue weighted by Crippen LogP contribution is 2.25. The maximum absolute atomic E-state index is 13.0. The summed E-state index contributed by atoms with van der Waals surface area (Å²) in [6.07, 6.45) is 4.55. The molecule has 0 bridgehead atoms. The second kappa shape index (κ2) is 7.73. The number of anilines is 3. The highest BCUT2D eigenvalue weighted by molar-refractivity contribution is 5.61. The maximum atomic E-state index is 13.0. The van der Waals surface area contributed by atoms with Gasteiger partial charge in [-0.1, -0.05) is 0 Å². The van der Waals surface area contributed by atoms with Crippen molar-refractivity contribution in [2.24, 2.45) is 0 Å². The standard InChI is InChI=1S/C18H19FN6O/c1-11-9-22-18(24-15-5-4-8-20-17(15)26-3)25-16(11)23-12(2)14-7-6-13(19)10-21-14/h4-10,12H,1-3H3,(H2,22,23,24,25). The van der Waals surface area contributed by atoms with E-state index in [1.54, 1.807) is 31.6 Å². The van der Waals surface area contributed by atoms with E-state index in [-0.39, 0.29) is 11.9 Å². The van der Waals surface area contributed by atoms with Gasteiger partial charge in [0.15, 0.2) is 0 Å². The number of rotatable bonds is 6. The SMILES string of the molecule is COc1ncccc1Nc1ncc(C)c(NC(C)c2ccc(F)cn2)n1. The van der Waals surface area contributed by atoms with Crippen LogP contribution in [0.1, 0.15) is 24.2 Å². The van der Waals surface area contributed by atoms with Gasteiger partial charge in [-0.15, -0.1) is 0 Å².